The van der Waals surface area contributed by atoms with Gasteiger partial charge in [-0.05, 0) is 11.6 Å². The Balaban J connectivity index is 1.96. The second-order valence-electron chi connectivity index (χ2n) is 5.01. The molecule has 2 nitrogen and oxygen atoms in total. The third kappa shape index (κ3) is 2.07. The number of quaternary nitrogens is 1. The molecule has 3 aliphatic heterocycles. The Labute approximate surface area is 110 Å². The first-order chi connectivity index (χ1) is 8.25. The lowest BCUT2D eigenvalue weighted by molar-refractivity contribution is -0.880. The van der Waals surface area contributed by atoms with Crippen LogP contribution in [0.15, 0.2) is 34.4 Å². The molecule has 3 aliphatic rings. The minimum atomic E-state index is -0.236. The van der Waals surface area contributed by atoms with Crippen molar-refractivity contribution in [1.82, 2.24) is 0 Å². The Kier molecular flexibility index (Phi) is 3.07. The summed E-state index contributed by atoms with van der Waals surface area (Å²) in [6.45, 7) is 2.36. The average Bonchev–Trinajstić information content (AvgIpc) is 2.36. The van der Waals surface area contributed by atoms with Gasteiger partial charge in [0.2, 0.25) is 0 Å². The van der Waals surface area contributed by atoms with Gasteiger partial charge >= 0.3 is 0 Å². The molecule has 0 aliphatic carbocycles. The van der Waals surface area contributed by atoms with Crippen LogP contribution in [-0.2, 0) is 0 Å². The number of rotatable bonds is 1. The second kappa shape index (κ2) is 4.56. The van der Waals surface area contributed by atoms with Gasteiger partial charge < -0.3 is 10.0 Å². The van der Waals surface area contributed by atoms with Crippen molar-refractivity contribution in [2.24, 2.45) is 5.92 Å². The topological polar surface area (TPSA) is 24.7 Å². The number of nitrogens with one attached hydrogen (secondary N) is 1. The zero-order valence-corrected chi connectivity index (χ0v) is 11.3. The van der Waals surface area contributed by atoms with E-state index in [4.69, 9.17) is 0 Å². The molecule has 3 saturated heterocycles. The molecule has 0 radical (unpaired) electrons. The Bertz CT molecular complexity index is 445. The van der Waals surface area contributed by atoms with E-state index in [2.05, 4.69) is 28.1 Å². The fourth-order valence-electron chi connectivity index (χ4n) is 3.00. The second-order valence-corrected chi connectivity index (χ2v) is 5.86. The highest BCUT2D eigenvalue weighted by Gasteiger charge is 2.41. The molecule has 3 heterocycles. The summed E-state index contributed by atoms with van der Waals surface area (Å²) in [5.41, 5.74) is 2.35. The molecule has 2 N–H and O–H groups in total. The minimum absolute atomic E-state index is 0.236. The van der Waals surface area contributed by atoms with Crippen LogP contribution in [0.2, 0.25) is 0 Å². The number of piperidine rings is 3. The third-order valence-electron chi connectivity index (χ3n) is 4.02. The van der Waals surface area contributed by atoms with E-state index in [0.29, 0.717) is 5.92 Å². The molecule has 0 amide bonds. The van der Waals surface area contributed by atoms with Crippen molar-refractivity contribution in [2.45, 2.75) is 18.9 Å². The van der Waals surface area contributed by atoms with Crippen LogP contribution >= 0.6 is 15.9 Å². The van der Waals surface area contributed by atoms with Crippen molar-refractivity contribution in [3.05, 3.63) is 40.0 Å². The molecular weight excluding hydrogens is 278 g/mol. The van der Waals surface area contributed by atoms with Crippen LogP contribution < -0.4 is 4.90 Å². The van der Waals surface area contributed by atoms with E-state index in [1.807, 2.05) is 18.2 Å². The van der Waals surface area contributed by atoms with Crippen molar-refractivity contribution in [3.8, 4) is 0 Å². The van der Waals surface area contributed by atoms with E-state index < -0.39 is 0 Å². The van der Waals surface area contributed by atoms with Gasteiger partial charge in [0.1, 0.15) is 11.8 Å². The summed E-state index contributed by atoms with van der Waals surface area (Å²) in [4.78, 5) is 1.47. The van der Waals surface area contributed by atoms with Gasteiger partial charge in [-0.3, -0.25) is 0 Å². The van der Waals surface area contributed by atoms with Crippen LogP contribution in [0.1, 0.15) is 18.4 Å². The molecule has 0 unspecified atom stereocenters. The predicted octanol–water partition coefficient (Wildman–Crippen LogP) is 1.46. The predicted molar refractivity (Wildman–Crippen MR) is 71.5 cm³/mol. The molecule has 17 heavy (non-hydrogen) atoms. The first-order valence-corrected chi connectivity index (χ1v) is 7.04. The van der Waals surface area contributed by atoms with E-state index in [9.17, 15) is 5.11 Å². The Hall–Kier alpha value is -0.640. The van der Waals surface area contributed by atoms with Crippen molar-refractivity contribution >= 4 is 22.0 Å². The quantitative estimate of drug-likeness (QED) is 0.805. The zero-order chi connectivity index (χ0) is 11.8. The average molecular weight is 295 g/mol. The normalized spacial score (nSPS) is 34.2. The summed E-state index contributed by atoms with van der Waals surface area (Å²) < 4.78 is 1.10. The van der Waals surface area contributed by atoms with Crippen molar-refractivity contribution in [1.29, 1.82) is 0 Å². The summed E-state index contributed by atoms with van der Waals surface area (Å²) in [5, 5.41) is 10.3. The fraction of sp³-hybridized carbons (Fsp3) is 0.429. The molecule has 1 atom stereocenters. The highest BCUT2D eigenvalue weighted by atomic mass is 79.9. The molecule has 0 spiro atoms. The van der Waals surface area contributed by atoms with E-state index in [1.54, 1.807) is 0 Å². The Morgan fingerprint density at radius 1 is 1.24 bits per heavy atom. The van der Waals surface area contributed by atoms with Gasteiger partial charge in [0, 0.05) is 29.3 Å². The van der Waals surface area contributed by atoms with E-state index in [0.717, 1.165) is 4.47 Å². The number of aliphatic hydroxyl groups excluding tert-OH is 1. The Morgan fingerprint density at radius 3 is 2.59 bits per heavy atom. The van der Waals surface area contributed by atoms with E-state index in [1.165, 1.54) is 42.1 Å². The van der Waals surface area contributed by atoms with Gasteiger partial charge in [-0.15, -0.1) is 0 Å². The molecule has 90 valence electrons. The summed E-state index contributed by atoms with van der Waals surface area (Å²) in [6, 6.07) is 8.19. The minimum Gasteiger partial charge on any atom is -0.383 e. The highest BCUT2D eigenvalue weighted by Crippen LogP contribution is 2.26. The van der Waals surface area contributed by atoms with Crippen molar-refractivity contribution < 1.29 is 10.0 Å². The van der Waals surface area contributed by atoms with Gasteiger partial charge in [0.05, 0.1) is 13.1 Å². The van der Waals surface area contributed by atoms with Gasteiger partial charge in [0.15, 0.2) is 0 Å². The Morgan fingerprint density at radius 2 is 1.94 bits per heavy atom. The summed E-state index contributed by atoms with van der Waals surface area (Å²) in [5.74, 6) is 0.487. The van der Waals surface area contributed by atoms with Gasteiger partial charge in [-0.2, -0.15) is 0 Å². The van der Waals surface area contributed by atoms with E-state index in [-0.39, 0.29) is 6.10 Å². The lowest BCUT2D eigenvalue weighted by Crippen LogP contribution is -3.14. The molecule has 3 fully saturated rings. The molecular formula is C14H17BrNO+. The third-order valence-corrected chi connectivity index (χ3v) is 4.75. The number of hydrogen-bond donors (Lipinski definition) is 2. The van der Waals surface area contributed by atoms with Crippen LogP contribution in [0.4, 0.5) is 0 Å². The standard InChI is InChI=1S/C14H16BrNO/c15-12-4-2-1-3-11(12)9-13-14(17)10-5-7-16(13)8-6-10/h1-4,9-10,14,17H,5-8H2/p+1/b13-9-/t14-/m0/s1. The first kappa shape index (κ1) is 11.5. The maximum Gasteiger partial charge on any atom is 0.137 e. The van der Waals surface area contributed by atoms with Crippen LogP contribution in [0, 0.1) is 5.92 Å². The van der Waals surface area contributed by atoms with Gasteiger partial charge in [-0.1, -0.05) is 34.1 Å². The number of aliphatic hydroxyl groups is 1. The largest absolute Gasteiger partial charge is 0.383 e. The summed E-state index contributed by atoms with van der Waals surface area (Å²) in [6.07, 6.45) is 4.27. The van der Waals surface area contributed by atoms with Crippen molar-refractivity contribution in [2.75, 3.05) is 13.1 Å². The first-order valence-electron chi connectivity index (χ1n) is 6.25. The fourth-order valence-corrected chi connectivity index (χ4v) is 3.40. The number of hydrogen-bond acceptors (Lipinski definition) is 1. The van der Waals surface area contributed by atoms with Crippen LogP contribution in [-0.4, -0.2) is 24.3 Å². The number of benzene rings is 1. The molecule has 0 saturated carbocycles. The molecule has 2 bridgehead atoms. The smallest absolute Gasteiger partial charge is 0.137 e. The van der Waals surface area contributed by atoms with E-state index >= 15 is 0 Å². The number of fused-ring (bicyclic) bond motifs is 3. The SMILES string of the molecule is O[C@@H]1/C(=C/c2ccccc2Br)[NH+]2CCC1CC2. The lowest BCUT2D eigenvalue weighted by atomic mass is 9.83. The maximum absolute atomic E-state index is 10.3. The van der Waals surface area contributed by atoms with Gasteiger partial charge in [-0.25, -0.2) is 0 Å². The number of halogens is 1. The summed E-state index contributed by atoms with van der Waals surface area (Å²) >= 11 is 3.56. The van der Waals surface area contributed by atoms with Crippen LogP contribution in [0.25, 0.3) is 6.08 Å². The molecule has 1 aromatic rings. The molecule has 1 aromatic carbocycles. The summed E-state index contributed by atoms with van der Waals surface area (Å²) in [7, 11) is 0. The maximum atomic E-state index is 10.3. The van der Waals surface area contributed by atoms with Crippen LogP contribution in [0.3, 0.4) is 0 Å². The highest BCUT2D eigenvalue weighted by molar-refractivity contribution is 9.10. The molecule has 4 rings (SSSR count). The van der Waals surface area contributed by atoms with Crippen molar-refractivity contribution in [3.63, 3.8) is 0 Å². The zero-order valence-electron chi connectivity index (χ0n) is 9.70. The molecule has 0 aromatic heterocycles. The molecule has 3 heteroatoms. The van der Waals surface area contributed by atoms with Crippen LogP contribution in [0.5, 0.6) is 0 Å². The van der Waals surface area contributed by atoms with Gasteiger partial charge in [0.25, 0.3) is 0 Å². The monoisotopic (exact) mass is 294 g/mol. The lowest BCUT2D eigenvalue weighted by Gasteiger charge is -2.41.